The lowest BCUT2D eigenvalue weighted by Crippen LogP contribution is -2.35. The number of halogens is 1. The number of benzene rings is 1. The molecule has 0 aliphatic carbocycles. The molecule has 26 heavy (non-hydrogen) atoms. The van der Waals surface area contributed by atoms with Gasteiger partial charge in [-0.1, -0.05) is 29.8 Å². The van der Waals surface area contributed by atoms with Crippen molar-refractivity contribution in [3.8, 4) is 0 Å². The maximum absolute atomic E-state index is 12.6. The number of aromatic nitrogens is 1. The number of nitrogens with zero attached hydrogens (tertiary/aromatic N) is 2. The highest BCUT2D eigenvalue weighted by Gasteiger charge is 2.17. The van der Waals surface area contributed by atoms with Crippen molar-refractivity contribution in [2.75, 3.05) is 18.4 Å². The average molecular weight is 439 g/mol. The summed E-state index contributed by atoms with van der Waals surface area (Å²) < 4.78 is 0.956. The number of rotatable bonds is 8. The monoisotopic (exact) mass is 438 g/mol. The molecule has 1 aromatic carbocycles. The molecule has 2 rings (SSSR count). The molecule has 0 aliphatic rings. The third-order valence-electron chi connectivity index (χ3n) is 3.52. The van der Waals surface area contributed by atoms with Crippen molar-refractivity contribution in [2.45, 2.75) is 33.2 Å². The third kappa shape index (κ3) is 6.10. The van der Waals surface area contributed by atoms with Gasteiger partial charge in [0.05, 0.1) is 6.54 Å². The van der Waals surface area contributed by atoms with E-state index in [1.54, 1.807) is 10.3 Å². The second kappa shape index (κ2) is 10.3. The Balaban J connectivity index is 2.00. The van der Waals surface area contributed by atoms with Crippen LogP contribution in [0.15, 0.2) is 34.1 Å². The predicted octanol–water partition coefficient (Wildman–Crippen LogP) is 4.49. The summed E-state index contributed by atoms with van der Waals surface area (Å²) in [5, 5.41) is 8.18. The van der Waals surface area contributed by atoms with E-state index < -0.39 is 0 Å². The smallest absolute Gasteiger partial charge is 0.322 e. The SMILES string of the molecule is CCCNC(=O)c1csc(CN(CCC)C(=O)Nc2ccc(Br)cc2)n1. The molecule has 2 aromatic rings. The molecule has 140 valence electrons. The molecular formula is C18H23BrN4O2S. The third-order valence-corrected chi connectivity index (χ3v) is 4.88. The molecule has 0 radical (unpaired) electrons. The summed E-state index contributed by atoms with van der Waals surface area (Å²) in [6.07, 6.45) is 1.71. The first-order valence-electron chi connectivity index (χ1n) is 8.57. The molecule has 3 amide bonds. The van der Waals surface area contributed by atoms with Crippen LogP contribution in [-0.4, -0.2) is 34.9 Å². The minimum Gasteiger partial charge on any atom is -0.351 e. The van der Waals surface area contributed by atoms with Gasteiger partial charge in [0.2, 0.25) is 0 Å². The molecule has 0 saturated carbocycles. The van der Waals surface area contributed by atoms with Crippen LogP contribution in [0.3, 0.4) is 0 Å². The van der Waals surface area contributed by atoms with Gasteiger partial charge in [-0.2, -0.15) is 0 Å². The van der Waals surface area contributed by atoms with Gasteiger partial charge in [-0.05, 0) is 37.1 Å². The van der Waals surface area contributed by atoms with Gasteiger partial charge in [0.15, 0.2) is 0 Å². The van der Waals surface area contributed by atoms with E-state index in [0.717, 1.165) is 28.0 Å². The molecule has 0 unspecified atom stereocenters. The van der Waals surface area contributed by atoms with Gasteiger partial charge in [-0.3, -0.25) is 4.79 Å². The number of carbonyl (C=O) groups excluding carboxylic acids is 2. The van der Waals surface area contributed by atoms with E-state index >= 15 is 0 Å². The normalized spacial score (nSPS) is 10.4. The predicted molar refractivity (Wildman–Crippen MR) is 109 cm³/mol. The zero-order valence-electron chi connectivity index (χ0n) is 14.9. The van der Waals surface area contributed by atoms with E-state index in [9.17, 15) is 9.59 Å². The highest BCUT2D eigenvalue weighted by atomic mass is 79.9. The maximum atomic E-state index is 12.6. The van der Waals surface area contributed by atoms with Crippen LogP contribution in [0.2, 0.25) is 0 Å². The van der Waals surface area contributed by atoms with Gasteiger partial charge < -0.3 is 15.5 Å². The van der Waals surface area contributed by atoms with Gasteiger partial charge in [-0.15, -0.1) is 11.3 Å². The Hall–Kier alpha value is -1.93. The summed E-state index contributed by atoms with van der Waals surface area (Å²) in [5.74, 6) is -0.171. The van der Waals surface area contributed by atoms with Crippen molar-refractivity contribution in [1.82, 2.24) is 15.2 Å². The van der Waals surface area contributed by atoms with Crippen LogP contribution in [0.1, 0.15) is 42.2 Å². The molecule has 1 heterocycles. The van der Waals surface area contributed by atoms with Crippen molar-refractivity contribution in [2.24, 2.45) is 0 Å². The van der Waals surface area contributed by atoms with Gasteiger partial charge >= 0.3 is 6.03 Å². The van der Waals surface area contributed by atoms with Gasteiger partial charge in [0.25, 0.3) is 5.91 Å². The number of nitrogens with one attached hydrogen (secondary N) is 2. The lowest BCUT2D eigenvalue weighted by Gasteiger charge is -2.21. The number of carbonyl (C=O) groups is 2. The molecule has 0 saturated heterocycles. The van der Waals surface area contributed by atoms with Crippen molar-refractivity contribution in [3.05, 3.63) is 44.8 Å². The van der Waals surface area contributed by atoms with Crippen molar-refractivity contribution >= 4 is 44.9 Å². The van der Waals surface area contributed by atoms with Crippen molar-refractivity contribution in [3.63, 3.8) is 0 Å². The van der Waals surface area contributed by atoms with Gasteiger partial charge in [0.1, 0.15) is 10.7 Å². The second-order valence-corrected chi connectivity index (χ2v) is 7.60. The summed E-state index contributed by atoms with van der Waals surface area (Å²) in [5.41, 5.74) is 1.14. The summed E-state index contributed by atoms with van der Waals surface area (Å²) in [6, 6.07) is 7.25. The molecule has 0 atom stereocenters. The zero-order chi connectivity index (χ0) is 18.9. The van der Waals surface area contributed by atoms with E-state index in [2.05, 4.69) is 31.5 Å². The lowest BCUT2D eigenvalue weighted by atomic mass is 10.3. The van der Waals surface area contributed by atoms with E-state index in [1.807, 2.05) is 38.1 Å². The van der Waals surface area contributed by atoms with Crippen molar-refractivity contribution in [1.29, 1.82) is 0 Å². The Bertz CT molecular complexity index is 733. The summed E-state index contributed by atoms with van der Waals surface area (Å²) in [7, 11) is 0. The summed E-state index contributed by atoms with van der Waals surface area (Å²) in [4.78, 5) is 30.6. The van der Waals surface area contributed by atoms with Crippen molar-refractivity contribution < 1.29 is 9.59 Å². The Morgan fingerprint density at radius 1 is 1.19 bits per heavy atom. The minimum absolute atomic E-state index is 0.171. The number of amides is 3. The fraction of sp³-hybridized carbons (Fsp3) is 0.389. The second-order valence-electron chi connectivity index (χ2n) is 5.74. The highest BCUT2D eigenvalue weighted by Crippen LogP contribution is 2.17. The highest BCUT2D eigenvalue weighted by molar-refractivity contribution is 9.10. The lowest BCUT2D eigenvalue weighted by molar-refractivity contribution is 0.0949. The van der Waals surface area contributed by atoms with E-state index in [1.165, 1.54) is 11.3 Å². The van der Waals surface area contributed by atoms with Crippen LogP contribution in [0.5, 0.6) is 0 Å². The van der Waals surface area contributed by atoms with Crippen LogP contribution in [0.4, 0.5) is 10.5 Å². The van der Waals surface area contributed by atoms with Gasteiger partial charge in [-0.25, -0.2) is 9.78 Å². The molecule has 2 N–H and O–H groups in total. The molecule has 0 aliphatic heterocycles. The van der Waals surface area contributed by atoms with Crippen LogP contribution in [0.25, 0.3) is 0 Å². The van der Waals surface area contributed by atoms with E-state index in [0.29, 0.717) is 25.3 Å². The average Bonchev–Trinajstić information content (AvgIpc) is 3.10. The summed E-state index contributed by atoms with van der Waals surface area (Å²) in [6.45, 7) is 5.63. The largest absolute Gasteiger partial charge is 0.351 e. The van der Waals surface area contributed by atoms with E-state index in [-0.39, 0.29) is 11.9 Å². The van der Waals surface area contributed by atoms with Crippen LogP contribution in [0, 0.1) is 0 Å². The number of thiazole rings is 1. The summed E-state index contributed by atoms with van der Waals surface area (Å²) >= 11 is 4.77. The standard InChI is InChI=1S/C18H23BrN4O2S/c1-3-9-20-17(24)15-12-26-16(22-15)11-23(10-4-2)18(25)21-14-7-5-13(19)6-8-14/h5-8,12H,3-4,9-11H2,1-2H3,(H,20,24)(H,21,25). The number of hydrogen-bond acceptors (Lipinski definition) is 4. The maximum Gasteiger partial charge on any atom is 0.322 e. The number of anilines is 1. The topological polar surface area (TPSA) is 74.3 Å². The molecule has 8 heteroatoms. The van der Waals surface area contributed by atoms with Gasteiger partial charge in [0, 0.05) is 28.6 Å². The number of urea groups is 1. The van der Waals surface area contributed by atoms with E-state index in [4.69, 9.17) is 0 Å². The Labute approximate surface area is 166 Å². The van der Waals surface area contributed by atoms with Crippen LogP contribution in [-0.2, 0) is 6.54 Å². The Morgan fingerprint density at radius 2 is 1.92 bits per heavy atom. The quantitative estimate of drug-likeness (QED) is 0.637. The molecule has 0 spiro atoms. The zero-order valence-corrected chi connectivity index (χ0v) is 17.3. The first-order valence-corrected chi connectivity index (χ1v) is 10.2. The Morgan fingerprint density at radius 3 is 2.58 bits per heavy atom. The number of hydrogen-bond donors (Lipinski definition) is 2. The molecule has 0 fully saturated rings. The fourth-order valence-corrected chi connectivity index (χ4v) is 3.29. The first-order chi connectivity index (χ1) is 12.5. The molecule has 1 aromatic heterocycles. The molecular weight excluding hydrogens is 416 g/mol. The minimum atomic E-state index is -0.179. The molecule has 6 nitrogen and oxygen atoms in total. The first kappa shape index (κ1) is 20.4. The molecule has 0 bridgehead atoms. The fourth-order valence-electron chi connectivity index (χ4n) is 2.24. The van der Waals surface area contributed by atoms with Crippen LogP contribution >= 0.6 is 27.3 Å². The Kier molecular flexibility index (Phi) is 8.06. The van der Waals surface area contributed by atoms with Crippen LogP contribution < -0.4 is 10.6 Å².